The number of carbonyl (C=O) groups excluding carboxylic acids is 2. The van der Waals surface area contributed by atoms with E-state index in [4.69, 9.17) is 15.6 Å². The molecule has 0 atom stereocenters. The van der Waals surface area contributed by atoms with Gasteiger partial charge in [0.1, 0.15) is 0 Å². The number of hydrogen-bond donors (Lipinski definition) is 2. The number of nitrogens with two attached hydrogens (primary N) is 1. The van der Waals surface area contributed by atoms with E-state index in [0.717, 1.165) is 5.56 Å². The monoisotopic (exact) mass is 298 g/mol. The average Bonchev–Trinajstić information content (AvgIpc) is 2.62. The summed E-state index contributed by atoms with van der Waals surface area (Å²) in [7, 11) is 0. The molecule has 0 aliphatic carbocycles. The molecule has 0 spiro atoms. The topological polar surface area (TPSA) is 101 Å². The molecule has 0 unspecified atom stereocenters. The number of primary amides is 1. The molecule has 112 valence electrons. The van der Waals surface area contributed by atoms with E-state index >= 15 is 0 Å². The lowest BCUT2D eigenvalue weighted by atomic mass is 10.0. The molecule has 0 bridgehead atoms. The van der Waals surface area contributed by atoms with E-state index < -0.39 is 6.03 Å². The maximum Gasteiger partial charge on any atom is 0.323 e. The van der Waals surface area contributed by atoms with Crippen molar-refractivity contribution in [2.24, 2.45) is 5.73 Å². The van der Waals surface area contributed by atoms with Crippen LogP contribution in [-0.4, -0.2) is 23.4 Å². The van der Waals surface area contributed by atoms with E-state index in [-0.39, 0.29) is 18.7 Å². The van der Waals surface area contributed by atoms with Crippen LogP contribution in [0.4, 0.5) is 16.2 Å². The second-order valence-electron chi connectivity index (χ2n) is 4.52. The minimum atomic E-state index is -0.588. The number of para-hydroxylation sites is 2. The van der Waals surface area contributed by atoms with Gasteiger partial charge in [-0.15, -0.1) is 0 Å². The van der Waals surface area contributed by atoms with Gasteiger partial charge in [-0.05, 0) is 23.8 Å². The van der Waals surface area contributed by atoms with Gasteiger partial charge in [0.25, 0.3) is 6.47 Å². The number of carbonyl (C=O) groups is 3. The van der Waals surface area contributed by atoms with Gasteiger partial charge < -0.3 is 10.8 Å². The smallest absolute Gasteiger partial charge is 0.323 e. The fraction of sp³-hybridized carbons (Fsp3) is 0.0625. The molecular weight excluding hydrogens is 284 g/mol. The van der Waals surface area contributed by atoms with Crippen LogP contribution in [0.5, 0.6) is 0 Å². The Morgan fingerprint density at radius 3 is 2.27 bits per heavy atom. The summed E-state index contributed by atoms with van der Waals surface area (Å²) in [6.07, 6.45) is 0.275. The van der Waals surface area contributed by atoms with Crippen molar-refractivity contribution in [3.63, 3.8) is 0 Å². The van der Waals surface area contributed by atoms with E-state index in [9.17, 15) is 9.59 Å². The first-order valence-corrected chi connectivity index (χ1v) is 6.47. The Morgan fingerprint density at radius 2 is 1.64 bits per heavy atom. The summed E-state index contributed by atoms with van der Waals surface area (Å²) >= 11 is 0. The van der Waals surface area contributed by atoms with Crippen LogP contribution in [0.3, 0.4) is 0 Å². The Morgan fingerprint density at radius 1 is 1.09 bits per heavy atom. The van der Waals surface area contributed by atoms with Crippen LogP contribution in [-0.2, 0) is 11.2 Å². The second kappa shape index (κ2) is 6.53. The summed E-state index contributed by atoms with van der Waals surface area (Å²) in [6.45, 7) is -0.250. The SMILES string of the molecule is NC(=O)N1c2ccccc2CC(=O)c2ccccc21.O=CO. The highest BCUT2D eigenvalue weighted by Crippen LogP contribution is 2.35. The highest BCUT2D eigenvalue weighted by molar-refractivity contribution is 6.11. The molecule has 0 saturated carbocycles. The lowest BCUT2D eigenvalue weighted by Crippen LogP contribution is -2.32. The first-order valence-electron chi connectivity index (χ1n) is 6.47. The number of hydrogen-bond acceptors (Lipinski definition) is 3. The molecule has 3 rings (SSSR count). The van der Waals surface area contributed by atoms with Crippen molar-refractivity contribution in [2.75, 3.05) is 4.90 Å². The molecule has 3 N–H and O–H groups in total. The van der Waals surface area contributed by atoms with Gasteiger partial charge in [-0.25, -0.2) is 4.79 Å². The molecule has 0 radical (unpaired) electrons. The number of nitrogens with zero attached hydrogens (tertiary/aromatic N) is 1. The summed E-state index contributed by atoms with van der Waals surface area (Å²) in [4.78, 5) is 33.8. The van der Waals surface area contributed by atoms with Gasteiger partial charge in [0, 0.05) is 12.0 Å². The predicted molar refractivity (Wildman–Crippen MR) is 81.3 cm³/mol. The zero-order chi connectivity index (χ0) is 16.1. The molecule has 0 fully saturated rings. The Kier molecular flexibility index (Phi) is 4.53. The van der Waals surface area contributed by atoms with Gasteiger partial charge in [0.05, 0.1) is 11.4 Å². The minimum absolute atomic E-state index is 0.00759. The van der Waals surface area contributed by atoms with Gasteiger partial charge >= 0.3 is 6.03 Å². The zero-order valence-electron chi connectivity index (χ0n) is 11.6. The fourth-order valence-corrected chi connectivity index (χ4v) is 2.42. The third-order valence-corrected chi connectivity index (χ3v) is 3.25. The summed E-state index contributed by atoms with van der Waals surface area (Å²) in [5, 5.41) is 6.89. The highest BCUT2D eigenvalue weighted by atomic mass is 16.3. The molecule has 0 saturated heterocycles. The fourth-order valence-electron chi connectivity index (χ4n) is 2.42. The summed E-state index contributed by atoms with van der Waals surface area (Å²) in [6, 6.07) is 13.8. The third kappa shape index (κ3) is 2.80. The zero-order valence-corrected chi connectivity index (χ0v) is 11.6. The molecule has 2 aromatic rings. The number of ketones is 1. The van der Waals surface area contributed by atoms with Gasteiger partial charge in [0.2, 0.25) is 0 Å². The van der Waals surface area contributed by atoms with Crippen molar-refractivity contribution in [1.29, 1.82) is 0 Å². The van der Waals surface area contributed by atoms with Gasteiger partial charge in [-0.1, -0.05) is 30.3 Å². The van der Waals surface area contributed by atoms with Crippen molar-refractivity contribution < 1.29 is 19.5 Å². The standard InChI is InChI=1S/C15H12N2O2.CH2O2/c16-15(19)17-12-7-3-1-5-10(12)9-14(18)11-6-2-4-8-13(11)17;2-1-3/h1-8H,9H2,(H2,16,19);1H,(H,2,3). The number of amides is 2. The van der Waals surface area contributed by atoms with Gasteiger partial charge in [-0.2, -0.15) is 0 Å². The predicted octanol–water partition coefficient (Wildman–Crippen LogP) is 2.34. The molecule has 0 aromatic heterocycles. The largest absolute Gasteiger partial charge is 0.483 e. The second-order valence-corrected chi connectivity index (χ2v) is 4.52. The van der Waals surface area contributed by atoms with E-state index in [1.54, 1.807) is 30.3 Å². The maximum atomic E-state index is 12.3. The number of urea groups is 1. The quantitative estimate of drug-likeness (QED) is 0.729. The Balaban J connectivity index is 0.000000545. The number of carboxylic acid groups (broad SMARTS) is 1. The average molecular weight is 298 g/mol. The molecule has 1 heterocycles. The molecule has 6 heteroatoms. The van der Waals surface area contributed by atoms with E-state index in [1.165, 1.54) is 4.90 Å². The van der Waals surface area contributed by atoms with E-state index in [2.05, 4.69) is 0 Å². The number of benzene rings is 2. The third-order valence-electron chi connectivity index (χ3n) is 3.25. The maximum absolute atomic E-state index is 12.3. The number of fused-ring (bicyclic) bond motifs is 2. The van der Waals surface area contributed by atoms with Crippen molar-refractivity contribution in [3.05, 3.63) is 59.7 Å². The lowest BCUT2D eigenvalue weighted by Gasteiger charge is -2.22. The van der Waals surface area contributed by atoms with E-state index in [1.807, 2.05) is 18.2 Å². The van der Waals surface area contributed by atoms with Gasteiger partial charge in [-0.3, -0.25) is 14.5 Å². The van der Waals surface area contributed by atoms with Crippen LogP contribution in [0.15, 0.2) is 48.5 Å². The van der Waals surface area contributed by atoms with Crippen LogP contribution >= 0.6 is 0 Å². The van der Waals surface area contributed by atoms with Crippen molar-refractivity contribution in [2.45, 2.75) is 6.42 Å². The molecule has 1 aliphatic heterocycles. The number of Topliss-reactive ketones (excluding diaryl/α,β-unsaturated/α-hetero) is 1. The molecule has 6 nitrogen and oxygen atoms in total. The van der Waals surface area contributed by atoms with Crippen LogP contribution in [0.2, 0.25) is 0 Å². The summed E-state index contributed by atoms with van der Waals surface area (Å²) in [5.74, 6) is -0.00759. The van der Waals surface area contributed by atoms with Crippen LogP contribution in [0, 0.1) is 0 Å². The minimum Gasteiger partial charge on any atom is -0.483 e. The van der Waals surface area contributed by atoms with Crippen LogP contribution in [0.25, 0.3) is 0 Å². The Labute approximate surface area is 126 Å². The lowest BCUT2D eigenvalue weighted by molar-refractivity contribution is -0.122. The first kappa shape index (κ1) is 15.2. The van der Waals surface area contributed by atoms with Crippen LogP contribution < -0.4 is 10.6 Å². The van der Waals surface area contributed by atoms with Gasteiger partial charge in [0.15, 0.2) is 5.78 Å². The van der Waals surface area contributed by atoms with Crippen molar-refractivity contribution in [3.8, 4) is 0 Å². The molecule has 2 amide bonds. The number of rotatable bonds is 0. The normalized spacial score (nSPS) is 12.2. The Bertz CT molecular complexity index is 728. The van der Waals surface area contributed by atoms with E-state index in [0.29, 0.717) is 16.9 Å². The molecule has 2 aromatic carbocycles. The van der Waals surface area contributed by atoms with Crippen molar-refractivity contribution in [1.82, 2.24) is 0 Å². The summed E-state index contributed by atoms with van der Waals surface area (Å²) in [5.41, 5.74) is 8.04. The first-order chi connectivity index (χ1) is 10.6. The number of anilines is 2. The molecule has 1 aliphatic rings. The summed E-state index contributed by atoms with van der Waals surface area (Å²) < 4.78 is 0. The van der Waals surface area contributed by atoms with Crippen molar-refractivity contribution >= 4 is 29.7 Å². The molecular formula is C16H14N2O4. The highest BCUT2D eigenvalue weighted by Gasteiger charge is 2.27. The Hall–Kier alpha value is -3.15. The van der Waals surface area contributed by atoms with Crippen LogP contribution in [0.1, 0.15) is 15.9 Å². The molecule has 22 heavy (non-hydrogen) atoms.